The van der Waals surface area contributed by atoms with Crippen molar-refractivity contribution in [1.82, 2.24) is 5.32 Å². The molecule has 1 amide bonds. The van der Waals surface area contributed by atoms with E-state index in [0.717, 1.165) is 6.42 Å². The molecule has 2 aromatic carbocycles. The molecule has 0 unspecified atom stereocenters. The van der Waals surface area contributed by atoms with Crippen LogP contribution in [-0.4, -0.2) is 40.6 Å². The summed E-state index contributed by atoms with van der Waals surface area (Å²) in [4.78, 5) is 11.9. The maximum atomic E-state index is 12.6. The number of nitrogens with two attached hydrogens (primary N) is 1. The number of hydrogen-bond donors (Lipinski definition) is 3. The van der Waals surface area contributed by atoms with Crippen LogP contribution in [-0.2, 0) is 10.0 Å². The first-order chi connectivity index (χ1) is 13.0. The van der Waals surface area contributed by atoms with E-state index < -0.39 is 10.0 Å². The third kappa shape index (κ3) is 5.28. The Balaban J connectivity index is 0.00000280. The Morgan fingerprint density at radius 3 is 2.39 bits per heavy atom. The number of carbonyl (C=O) groups is 1. The van der Waals surface area contributed by atoms with Gasteiger partial charge in [0.2, 0.25) is 0 Å². The average molecular weight is 428 g/mol. The molecule has 1 aliphatic rings. The molecule has 0 bridgehead atoms. The fourth-order valence-electron chi connectivity index (χ4n) is 2.50. The summed E-state index contributed by atoms with van der Waals surface area (Å²) in [6, 6.07) is 10.6. The minimum Gasteiger partial charge on any atom is -0.490 e. The van der Waals surface area contributed by atoms with Gasteiger partial charge in [0.15, 0.2) is 11.5 Å². The summed E-state index contributed by atoms with van der Waals surface area (Å²) in [5.41, 5.74) is 6.11. The van der Waals surface area contributed by atoms with Gasteiger partial charge in [-0.15, -0.1) is 12.4 Å². The van der Waals surface area contributed by atoms with Gasteiger partial charge in [0.05, 0.1) is 18.1 Å². The number of anilines is 1. The maximum Gasteiger partial charge on any atom is 0.262 e. The SMILES string of the molecule is Cl.NCCNC(=O)c1ccc(NS(=O)(=O)c2ccc3c(c2)OCCCO3)cc1. The number of halogens is 1. The highest BCUT2D eigenvalue weighted by atomic mass is 35.5. The van der Waals surface area contributed by atoms with Crippen LogP contribution in [0.1, 0.15) is 16.8 Å². The number of ether oxygens (including phenoxy) is 2. The third-order valence-electron chi connectivity index (χ3n) is 3.86. The van der Waals surface area contributed by atoms with Crippen molar-refractivity contribution in [2.45, 2.75) is 11.3 Å². The predicted octanol–water partition coefficient (Wildman–Crippen LogP) is 1.76. The van der Waals surface area contributed by atoms with Gasteiger partial charge < -0.3 is 20.5 Å². The molecule has 3 rings (SSSR count). The van der Waals surface area contributed by atoms with Crippen LogP contribution in [0.4, 0.5) is 5.69 Å². The number of amides is 1. The number of benzene rings is 2. The molecule has 0 saturated heterocycles. The van der Waals surface area contributed by atoms with Crippen LogP contribution in [0.25, 0.3) is 0 Å². The summed E-state index contributed by atoms with van der Waals surface area (Å²) in [6.45, 7) is 1.72. The van der Waals surface area contributed by atoms with Crippen LogP contribution in [0.3, 0.4) is 0 Å². The largest absolute Gasteiger partial charge is 0.490 e. The lowest BCUT2D eigenvalue weighted by molar-refractivity contribution is 0.0955. The zero-order chi connectivity index (χ0) is 19.3. The van der Waals surface area contributed by atoms with Crippen LogP contribution in [0.2, 0.25) is 0 Å². The van der Waals surface area contributed by atoms with E-state index >= 15 is 0 Å². The highest BCUT2D eigenvalue weighted by molar-refractivity contribution is 7.92. The molecule has 152 valence electrons. The standard InChI is InChI=1S/C18H21N3O5S.ClH/c19-8-9-20-18(22)13-2-4-14(5-3-13)21-27(23,24)15-6-7-16-17(12-15)26-11-1-10-25-16;/h2-7,12,21H,1,8-11,19H2,(H,20,22);1H. The van der Waals surface area contributed by atoms with E-state index in [4.69, 9.17) is 15.2 Å². The van der Waals surface area contributed by atoms with E-state index in [1.54, 1.807) is 6.07 Å². The number of nitrogens with one attached hydrogen (secondary N) is 2. The molecule has 1 aliphatic heterocycles. The van der Waals surface area contributed by atoms with Crippen molar-refractivity contribution in [2.75, 3.05) is 31.0 Å². The second-order valence-corrected chi connectivity index (χ2v) is 7.57. The van der Waals surface area contributed by atoms with E-state index in [9.17, 15) is 13.2 Å². The summed E-state index contributed by atoms with van der Waals surface area (Å²) in [6.07, 6.45) is 0.736. The molecular weight excluding hydrogens is 406 g/mol. The molecule has 0 fully saturated rings. The number of fused-ring (bicyclic) bond motifs is 1. The Hall–Kier alpha value is -2.49. The predicted molar refractivity (Wildman–Crippen MR) is 108 cm³/mol. The van der Waals surface area contributed by atoms with Gasteiger partial charge >= 0.3 is 0 Å². The second-order valence-electron chi connectivity index (χ2n) is 5.89. The minimum atomic E-state index is -3.81. The highest BCUT2D eigenvalue weighted by Gasteiger charge is 2.19. The molecule has 4 N–H and O–H groups in total. The van der Waals surface area contributed by atoms with Crippen LogP contribution in [0.15, 0.2) is 47.4 Å². The Morgan fingerprint density at radius 1 is 1.04 bits per heavy atom. The topological polar surface area (TPSA) is 120 Å². The number of hydrogen-bond acceptors (Lipinski definition) is 6. The van der Waals surface area contributed by atoms with Gasteiger partial charge in [0.1, 0.15) is 0 Å². The van der Waals surface area contributed by atoms with Crippen molar-refractivity contribution in [2.24, 2.45) is 5.73 Å². The third-order valence-corrected chi connectivity index (χ3v) is 5.24. The van der Waals surface area contributed by atoms with Crippen molar-refractivity contribution >= 4 is 34.0 Å². The van der Waals surface area contributed by atoms with Crippen LogP contribution in [0, 0.1) is 0 Å². The van der Waals surface area contributed by atoms with Crippen molar-refractivity contribution in [3.8, 4) is 11.5 Å². The smallest absolute Gasteiger partial charge is 0.262 e. The van der Waals surface area contributed by atoms with Crippen molar-refractivity contribution in [1.29, 1.82) is 0 Å². The van der Waals surface area contributed by atoms with Gasteiger partial charge in [0.25, 0.3) is 15.9 Å². The molecule has 2 aromatic rings. The highest BCUT2D eigenvalue weighted by Crippen LogP contribution is 2.32. The zero-order valence-electron chi connectivity index (χ0n) is 15.0. The van der Waals surface area contributed by atoms with Crippen LogP contribution in [0.5, 0.6) is 11.5 Å². The Bertz CT molecular complexity index is 919. The lowest BCUT2D eigenvalue weighted by Crippen LogP contribution is -2.28. The lowest BCUT2D eigenvalue weighted by Gasteiger charge is -2.12. The Morgan fingerprint density at radius 2 is 1.71 bits per heavy atom. The number of rotatable bonds is 6. The molecule has 0 atom stereocenters. The summed E-state index contributed by atoms with van der Waals surface area (Å²) >= 11 is 0. The average Bonchev–Trinajstić information content (AvgIpc) is 2.91. The van der Waals surface area contributed by atoms with Crippen molar-refractivity contribution in [3.63, 3.8) is 0 Å². The van der Waals surface area contributed by atoms with Gasteiger partial charge in [-0.1, -0.05) is 0 Å². The van der Waals surface area contributed by atoms with Gasteiger partial charge in [0, 0.05) is 36.8 Å². The fraction of sp³-hybridized carbons (Fsp3) is 0.278. The molecule has 0 radical (unpaired) electrons. The van der Waals surface area contributed by atoms with E-state index in [1.807, 2.05) is 0 Å². The van der Waals surface area contributed by atoms with Crippen LogP contribution < -0.4 is 25.2 Å². The van der Waals surface area contributed by atoms with Crippen LogP contribution >= 0.6 is 12.4 Å². The molecule has 0 aliphatic carbocycles. The van der Waals surface area contributed by atoms with Gasteiger partial charge in [-0.3, -0.25) is 9.52 Å². The van der Waals surface area contributed by atoms with Crippen molar-refractivity contribution < 1.29 is 22.7 Å². The summed E-state index contributed by atoms with van der Waals surface area (Å²) in [7, 11) is -3.81. The molecular formula is C18H22ClN3O5S. The molecule has 8 nitrogen and oxygen atoms in total. The normalized spacial score (nSPS) is 13.0. The lowest BCUT2D eigenvalue weighted by atomic mass is 10.2. The quantitative estimate of drug-likeness (QED) is 0.646. The zero-order valence-corrected chi connectivity index (χ0v) is 16.6. The first kappa shape index (κ1) is 21.8. The van der Waals surface area contributed by atoms with Crippen molar-refractivity contribution in [3.05, 3.63) is 48.0 Å². The molecule has 0 saturated carbocycles. The summed E-state index contributed by atoms with van der Waals surface area (Å²) < 4.78 is 38.8. The molecule has 0 spiro atoms. The Kier molecular flexibility index (Phi) is 7.50. The Labute approximate surface area is 169 Å². The number of carbonyl (C=O) groups excluding carboxylic acids is 1. The van der Waals surface area contributed by atoms with Gasteiger partial charge in [-0.25, -0.2) is 8.42 Å². The fourth-order valence-corrected chi connectivity index (χ4v) is 3.58. The molecule has 28 heavy (non-hydrogen) atoms. The first-order valence-electron chi connectivity index (χ1n) is 8.50. The second kappa shape index (κ2) is 9.63. The van der Waals surface area contributed by atoms with E-state index in [2.05, 4.69) is 10.0 Å². The molecule has 0 aromatic heterocycles. The minimum absolute atomic E-state index is 0. The van der Waals surface area contributed by atoms with E-state index in [1.165, 1.54) is 36.4 Å². The maximum absolute atomic E-state index is 12.6. The summed E-state index contributed by atoms with van der Waals surface area (Å²) in [5, 5.41) is 2.65. The molecule has 1 heterocycles. The monoisotopic (exact) mass is 427 g/mol. The van der Waals surface area contributed by atoms with E-state index in [0.29, 0.717) is 49.1 Å². The summed E-state index contributed by atoms with van der Waals surface area (Å²) in [5.74, 6) is 0.666. The van der Waals surface area contributed by atoms with Gasteiger partial charge in [-0.05, 0) is 36.4 Å². The van der Waals surface area contributed by atoms with Gasteiger partial charge in [-0.2, -0.15) is 0 Å². The molecule has 10 heteroatoms. The number of sulfonamides is 1. The van der Waals surface area contributed by atoms with E-state index in [-0.39, 0.29) is 23.2 Å². The first-order valence-corrected chi connectivity index (χ1v) is 9.99.